The Hall–Kier alpha value is -3.39. The molecule has 2 aromatic heterocycles. The maximum atomic E-state index is 13.4. The SMILES string of the molecule is CC(=O)Nc1nc(-c2c(C)n(S(=O)(=O)c3ccccc3)c3ccccc23)c(C)[nH]1. The molecule has 0 aliphatic carbocycles. The third-order valence-corrected chi connectivity index (χ3v) is 6.58. The molecule has 0 saturated carbocycles. The van der Waals surface area contributed by atoms with E-state index in [0.29, 0.717) is 28.4 Å². The molecule has 0 bridgehead atoms. The van der Waals surface area contributed by atoms with E-state index in [0.717, 1.165) is 11.1 Å². The lowest BCUT2D eigenvalue weighted by Crippen LogP contribution is -2.14. The summed E-state index contributed by atoms with van der Waals surface area (Å²) < 4.78 is 28.2. The number of H-pyrrole nitrogens is 1. The normalized spacial score (nSPS) is 11.7. The molecule has 1 amide bonds. The second kappa shape index (κ2) is 6.89. The molecule has 0 atom stereocenters. The third kappa shape index (κ3) is 3.11. The number of amides is 1. The van der Waals surface area contributed by atoms with Crippen LogP contribution >= 0.6 is 0 Å². The third-order valence-electron chi connectivity index (χ3n) is 4.76. The molecule has 0 unspecified atom stereocenters. The van der Waals surface area contributed by atoms with Crippen molar-refractivity contribution >= 4 is 32.8 Å². The van der Waals surface area contributed by atoms with Gasteiger partial charge in [-0.05, 0) is 32.0 Å². The molecule has 0 saturated heterocycles. The molecule has 4 aromatic rings. The van der Waals surface area contributed by atoms with Crippen molar-refractivity contribution in [2.75, 3.05) is 5.32 Å². The first-order valence-electron chi connectivity index (χ1n) is 9.06. The Balaban J connectivity index is 2.01. The largest absolute Gasteiger partial charge is 0.328 e. The average Bonchev–Trinajstić information content (AvgIpc) is 3.17. The fourth-order valence-corrected chi connectivity index (χ4v) is 5.16. The van der Waals surface area contributed by atoms with Gasteiger partial charge < -0.3 is 4.98 Å². The minimum Gasteiger partial charge on any atom is -0.328 e. The lowest BCUT2D eigenvalue weighted by Gasteiger charge is -2.10. The highest BCUT2D eigenvalue weighted by Gasteiger charge is 2.27. The predicted octanol–water partition coefficient (Wildman–Crippen LogP) is 3.84. The van der Waals surface area contributed by atoms with Crippen molar-refractivity contribution in [1.29, 1.82) is 0 Å². The molecule has 2 heterocycles. The van der Waals surface area contributed by atoms with E-state index in [-0.39, 0.29) is 10.8 Å². The Labute approximate surface area is 168 Å². The first kappa shape index (κ1) is 18.9. The van der Waals surface area contributed by atoms with Crippen molar-refractivity contribution in [3.63, 3.8) is 0 Å². The summed E-state index contributed by atoms with van der Waals surface area (Å²) in [7, 11) is -3.80. The number of para-hydroxylation sites is 1. The van der Waals surface area contributed by atoms with Gasteiger partial charge in [0.15, 0.2) is 0 Å². The molecule has 7 nitrogen and oxygen atoms in total. The summed E-state index contributed by atoms with van der Waals surface area (Å²) in [6.07, 6.45) is 0. The van der Waals surface area contributed by atoms with E-state index >= 15 is 0 Å². The molecule has 0 radical (unpaired) electrons. The lowest BCUT2D eigenvalue weighted by atomic mass is 10.1. The maximum absolute atomic E-state index is 13.4. The summed E-state index contributed by atoms with van der Waals surface area (Å²) in [5.41, 5.74) is 3.18. The number of aromatic nitrogens is 3. The van der Waals surface area contributed by atoms with E-state index < -0.39 is 10.0 Å². The fraction of sp³-hybridized carbons (Fsp3) is 0.143. The van der Waals surface area contributed by atoms with Crippen LogP contribution in [0.1, 0.15) is 18.3 Å². The highest BCUT2D eigenvalue weighted by Crippen LogP contribution is 2.37. The van der Waals surface area contributed by atoms with Gasteiger partial charge in [-0.15, -0.1) is 0 Å². The molecule has 148 valence electrons. The van der Waals surface area contributed by atoms with Crippen molar-refractivity contribution in [3.8, 4) is 11.3 Å². The molecule has 0 fully saturated rings. The minimum atomic E-state index is -3.80. The van der Waals surface area contributed by atoms with Crippen LogP contribution in [0.2, 0.25) is 0 Å². The van der Waals surface area contributed by atoms with E-state index in [2.05, 4.69) is 15.3 Å². The second-order valence-electron chi connectivity index (χ2n) is 6.80. The molecule has 0 spiro atoms. The number of aromatic amines is 1. The minimum absolute atomic E-state index is 0.216. The molecule has 29 heavy (non-hydrogen) atoms. The molecular weight excluding hydrogens is 388 g/mol. The highest BCUT2D eigenvalue weighted by molar-refractivity contribution is 7.90. The summed E-state index contributed by atoms with van der Waals surface area (Å²) in [6, 6.07) is 15.7. The molecular formula is C21H20N4O3S. The van der Waals surface area contributed by atoms with Crippen LogP contribution in [0.3, 0.4) is 0 Å². The van der Waals surface area contributed by atoms with Gasteiger partial charge in [0.1, 0.15) is 0 Å². The van der Waals surface area contributed by atoms with Crippen molar-refractivity contribution in [3.05, 3.63) is 66.0 Å². The van der Waals surface area contributed by atoms with Gasteiger partial charge in [-0.3, -0.25) is 10.1 Å². The zero-order valence-electron chi connectivity index (χ0n) is 16.2. The Kier molecular flexibility index (Phi) is 4.50. The van der Waals surface area contributed by atoms with E-state index in [1.807, 2.05) is 25.1 Å². The number of nitrogens with zero attached hydrogens (tertiary/aromatic N) is 2. The number of carbonyl (C=O) groups is 1. The number of hydrogen-bond acceptors (Lipinski definition) is 4. The van der Waals surface area contributed by atoms with Crippen LogP contribution in [0.25, 0.3) is 22.2 Å². The number of anilines is 1. The van der Waals surface area contributed by atoms with E-state index in [4.69, 9.17) is 0 Å². The number of fused-ring (bicyclic) bond motifs is 1. The van der Waals surface area contributed by atoms with Crippen LogP contribution in [0, 0.1) is 13.8 Å². The number of imidazole rings is 1. The first-order chi connectivity index (χ1) is 13.8. The summed E-state index contributed by atoms with van der Waals surface area (Å²) in [5, 5.41) is 3.41. The maximum Gasteiger partial charge on any atom is 0.268 e. The zero-order chi connectivity index (χ0) is 20.8. The fourth-order valence-electron chi connectivity index (χ4n) is 3.58. The van der Waals surface area contributed by atoms with Crippen molar-refractivity contribution in [1.82, 2.24) is 13.9 Å². The number of benzene rings is 2. The number of nitrogens with one attached hydrogen (secondary N) is 2. The van der Waals surface area contributed by atoms with Gasteiger partial charge in [-0.2, -0.15) is 0 Å². The Morgan fingerprint density at radius 2 is 1.69 bits per heavy atom. The number of rotatable bonds is 4. The standard InChI is InChI=1S/C21H20N4O3S/c1-13-20(24-21(22-13)23-15(3)26)19-14(2)25(18-12-8-7-11-17(18)19)29(27,28)16-9-5-4-6-10-16/h4-12H,1-3H3,(H2,22,23,24,26). The number of aryl methyl sites for hydroxylation is 1. The predicted molar refractivity (Wildman–Crippen MR) is 112 cm³/mol. The Morgan fingerprint density at radius 3 is 2.38 bits per heavy atom. The van der Waals surface area contributed by atoms with Gasteiger partial charge in [0.05, 0.1) is 16.1 Å². The van der Waals surface area contributed by atoms with E-state index in [1.54, 1.807) is 43.3 Å². The summed E-state index contributed by atoms with van der Waals surface area (Å²) >= 11 is 0. The summed E-state index contributed by atoms with van der Waals surface area (Å²) in [5.74, 6) is 0.0863. The summed E-state index contributed by atoms with van der Waals surface area (Å²) in [6.45, 7) is 5.01. The van der Waals surface area contributed by atoms with E-state index in [1.165, 1.54) is 10.9 Å². The monoisotopic (exact) mass is 408 g/mol. The molecule has 2 aromatic carbocycles. The zero-order valence-corrected chi connectivity index (χ0v) is 17.0. The molecule has 4 rings (SSSR count). The molecule has 2 N–H and O–H groups in total. The average molecular weight is 408 g/mol. The number of hydrogen-bond donors (Lipinski definition) is 2. The van der Waals surface area contributed by atoms with Crippen LogP contribution in [-0.4, -0.2) is 28.3 Å². The van der Waals surface area contributed by atoms with Crippen LogP contribution < -0.4 is 5.32 Å². The van der Waals surface area contributed by atoms with Crippen LogP contribution in [-0.2, 0) is 14.8 Å². The van der Waals surface area contributed by atoms with E-state index in [9.17, 15) is 13.2 Å². The molecule has 0 aliphatic rings. The van der Waals surface area contributed by atoms with Crippen molar-refractivity contribution < 1.29 is 13.2 Å². The Morgan fingerprint density at radius 1 is 1.03 bits per heavy atom. The van der Waals surface area contributed by atoms with Crippen LogP contribution in [0.15, 0.2) is 59.5 Å². The van der Waals surface area contributed by atoms with Gasteiger partial charge >= 0.3 is 0 Å². The smallest absolute Gasteiger partial charge is 0.268 e. The van der Waals surface area contributed by atoms with Gasteiger partial charge in [0.25, 0.3) is 10.0 Å². The number of carbonyl (C=O) groups excluding carboxylic acids is 1. The highest BCUT2D eigenvalue weighted by atomic mass is 32.2. The molecule has 0 aliphatic heterocycles. The van der Waals surface area contributed by atoms with Gasteiger partial charge in [-0.25, -0.2) is 17.4 Å². The topological polar surface area (TPSA) is 96.8 Å². The van der Waals surface area contributed by atoms with Gasteiger partial charge in [0, 0.05) is 29.3 Å². The lowest BCUT2D eigenvalue weighted by molar-refractivity contribution is -0.114. The molecule has 8 heteroatoms. The van der Waals surface area contributed by atoms with Crippen LogP contribution in [0.4, 0.5) is 5.95 Å². The van der Waals surface area contributed by atoms with Crippen molar-refractivity contribution in [2.24, 2.45) is 0 Å². The van der Waals surface area contributed by atoms with Gasteiger partial charge in [-0.1, -0.05) is 36.4 Å². The Bertz CT molecular complexity index is 1340. The van der Waals surface area contributed by atoms with Gasteiger partial charge in [0.2, 0.25) is 11.9 Å². The quantitative estimate of drug-likeness (QED) is 0.536. The van der Waals surface area contributed by atoms with Crippen molar-refractivity contribution in [2.45, 2.75) is 25.7 Å². The summed E-state index contributed by atoms with van der Waals surface area (Å²) in [4.78, 5) is 19.2. The second-order valence-corrected chi connectivity index (χ2v) is 8.59. The van der Waals surface area contributed by atoms with Crippen LogP contribution in [0.5, 0.6) is 0 Å². The first-order valence-corrected chi connectivity index (χ1v) is 10.5.